The zero-order chi connectivity index (χ0) is 37.3. The SMILES string of the molecule is Cc1cc(C)c(C(c2cccc(N(c3ccc4ccccc4c3)c3nc(-c4ccccc4)nc(-c4ccccc4)n3)c2)c2c(C)cc(C)cc2C)c(C)c1. The Morgan fingerprint density at radius 1 is 0.407 bits per heavy atom. The van der Waals surface area contributed by atoms with Crippen molar-refractivity contribution in [3.05, 3.63) is 202 Å². The fraction of sp³-hybridized carbons (Fsp3) is 0.140. The Kier molecular flexibility index (Phi) is 9.35. The molecule has 0 atom stereocenters. The van der Waals surface area contributed by atoms with Gasteiger partial charge in [0.05, 0.1) is 0 Å². The van der Waals surface area contributed by atoms with Crippen molar-refractivity contribution < 1.29 is 0 Å². The normalized spacial score (nSPS) is 11.3. The van der Waals surface area contributed by atoms with Crippen molar-refractivity contribution in [3.63, 3.8) is 0 Å². The molecule has 4 heteroatoms. The average molecular weight is 701 g/mol. The van der Waals surface area contributed by atoms with Gasteiger partial charge in [0.2, 0.25) is 5.95 Å². The molecular weight excluding hydrogens is 657 g/mol. The van der Waals surface area contributed by atoms with E-state index in [2.05, 4.69) is 162 Å². The average Bonchev–Trinajstić information content (AvgIpc) is 3.17. The number of hydrogen-bond acceptors (Lipinski definition) is 4. The molecular formula is C50H44N4. The number of hydrogen-bond donors (Lipinski definition) is 0. The number of aryl methyl sites for hydroxylation is 6. The number of anilines is 3. The summed E-state index contributed by atoms with van der Waals surface area (Å²) in [5, 5.41) is 2.32. The fourth-order valence-electron chi connectivity index (χ4n) is 8.21. The van der Waals surface area contributed by atoms with E-state index in [4.69, 9.17) is 15.0 Å². The van der Waals surface area contributed by atoms with E-state index in [0.29, 0.717) is 17.6 Å². The highest BCUT2D eigenvalue weighted by Crippen LogP contribution is 2.43. The van der Waals surface area contributed by atoms with Crippen LogP contribution in [-0.2, 0) is 0 Å². The Bertz CT molecular complexity index is 2470. The van der Waals surface area contributed by atoms with Crippen molar-refractivity contribution in [3.8, 4) is 22.8 Å². The van der Waals surface area contributed by atoms with Crippen molar-refractivity contribution in [1.29, 1.82) is 0 Å². The summed E-state index contributed by atoms with van der Waals surface area (Å²) < 4.78 is 0. The third-order valence-corrected chi connectivity index (χ3v) is 10.4. The lowest BCUT2D eigenvalue weighted by Gasteiger charge is -2.29. The summed E-state index contributed by atoms with van der Waals surface area (Å²) in [7, 11) is 0. The van der Waals surface area contributed by atoms with Crippen LogP contribution < -0.4 is 4.90 Å². The van der Waals surface area contributed by atoms with Crippen LogP contribution in [0.25, 0.3) is 33.5 Å². The van der Waals surface area contributed by atoms with E-state index in [0.717, 1.165) is 27.9 Å². The highest BCUT2D eigenvalue weighted by Gasteiger charge is 2.27. The molecule has 0 fully saturated rings. The standard InChI is InChI=1S/C50H44N4/c1-32-26-34(3)45(35(4)27-32)47(46-36(5)28-33(2)29-37(46)6)42-22-15-23-43(31-42)54(44-25-24-38-16-13-14-21-41(38)30-44)50-52-48(39-17-9-7-10-18-39)51-49(53-50)40-19-11-8-12-20-40/h7-31,47H,1-6H3. The summed E-state index contributed by atoms with van der Waals surface area (Å²) in [4.78, 5) is 17.7. The van der Waals surface area contributed by atoms with Crippen LogP contribution in [0.3, 0.4) is 0 Å². The maximum atomic E-state index is 5.23. The van der Waals surface area contributed by atoms with Gasteiger partial charge in [0, 0.05) is 28.4 Å². The summed E-state index contributed by atoms with van der Waals surface area (Å²) in [5.74, 6) is 1.81. The molecule has 8 aromatic rings. The zero-order valence-electron chi connectivity index (χ0n) is 31.8. The van der Waals surface area contributed by atoms with Crippen molar-refractivity contribution in [2.45, 2.75) is 47.5 Å². The molecule has 0 aliphatic carbocycles. The largest absolute Gasteiger partial charge is 0.279 e. The molecule has 264 valence electrons. The predicted octanol–water partition coefficient (Wildman–Crippen LogP) is 12.9. The van der Waals surface area contributed by atoms with Crippen LogP contribution in [0.4, 0.5) is 17.3 Å². The number of benzene rings is 7. The molecule has 0 N–H and O–H groups in total. The first-order valence-electron chi connectivity index (χ1n) is 18.6. The lowest BCUT2D eigenvalue weighted by Crippen LogP contribution is -2.16. The Morgan fingerprint density at radius 3 is 1.43 bits per heavy atom. The number of rotatable bonds is 8. The second-order valence-electron chi connectivity index (χ2n) is 14.5. The molecule has 0 aliphatic heterocycles. The minimum atomic E-state index is 0.0164. The number of fused-ring (bicyclic) bond motifs is 1. The van der Waals surface area contributed by atoms with Gasteiger partial charge in [-0.25, -0.2) is 4.98 Å². The van der Waals surface area contributed by atoms with E-state index in [1.165, 1.54) is 55.5 Å². The first kappa shape index (κ1) is 34.7. The van der Waals surface area contributed by atoms with Crippen LogP contribution in [0.2, 0.25) is 0 Å². The highest BCUT2D eigenvalue weighted by molar-refractivity contribution is 5.89. The lowest BCUT2D eigenvalue weighted by molar-refractivity contribution is 0.918. The van der Waals surface area contributed by atoms with Crippen molar-refractivity contribution in [2.24, 2.45) is 0 Å². The summed E-state index contributed by atoms with van der Waals surface area (Å²) >= 11 is 0. The molecule has 54 heavy (non-hydrogen) atoms. The van der Waals surface area contributed by atoms with Gasteiger partial charge in [-0.05, 0) is 116 Å². The van der Waals surface area contributed by atoms with E-state index < -0.39 is 0 Å². The molecule has 0 aliphatic rings. The maximum Gasteiger partial charge on any atom is 0.238 e. The summed E-state index contributed by atoms with van der Waals surface area (Å²) in [6, 6.07) is 53.7. The molecule has 1 aromatic heterocycles. The molecule has 0 unspecified atom stereocenters. The van der Waals surface area contributed by atoms with Crippen LogP contribution in [-0.4, -0.2) is 15.0 Å². The topological polar surface area (TPSA) is 41.9 Å². The van der Waals surface area contributed by atoms with Gasteiger partial charge in [-0.15, -0.1) is 0 Å². The molecule has 8 rings (SSSR count). The first-order chi connectivity index (χ1) is 26.2. The van der Waals surface area contributed by atoms with Crippen molar-refractivity contribution in [2.75, 3.05) is 4.90 Å². The molecule has 4 nitrogen and oxygen atoms in total. The van der Waals surface area contributed by atoms with Crippen molar-refractivity contribution in [1.82, 2.24) is 15.0 Å². The minimum Gasteiger partial charge on any atom is -0.279 e. The molecule has 0 spiro atoms. The second-order valence-corrected chi connectivity index (χ2v) is 14.5. The quantitative estimate of drug-likeness (QED) is 0.148. The Hall–Kier alpha value is -6.39. The molecule has 0 saturated heterocycles. The Morgan fingerprint density at radius 2 is 0.889 bits per heavy atom. The van der Waals surface area contributed by atoms with Gasteiger partial charge in [-0.3, -0.25) is 4.90 Å². The maximum absolute atomic E-state index is 5.23. The zero-order valence-corrected chi connectivity index (χ0v) is 31.8. The van der Waals surface area contributed by atoms with Crippen LogP contribution in [0.1, 0.15) is 56.0 Å². The van der Waals surface area contributed by atoms with E-state index in [-0.39, 0.29) is 5.92 Å². The molecule has 1 heterocycles. The minimum absolute atomic E-state index is 0.0164. The highest BCUT2D eigenvalue weighted by atomic mass is 15.3. The van der Waals surface area contributed by atoms with Gasteiger partial charge in [0.1, 0.15) is 0 Å². The predicted molar refractivity (Wildman–Crippen MR) is 225 cm³/mol. The number of nitrogens with zero attached hydrogens (tertiary/aromatic N) is 4. The molecule has 0 radical (unpaired) electrons. The van der Waals surface area contributed by atoms with Gasteiger partial charge < -0.3 is 0 Å². The molecule has 0 saturated carbocycles. The lowest BCUT2D eigenvalue weighted by atomic mass is 9.77. The second kappa shape index (κ2) is 14.6. The van der Waals surface area contributed by atoms with Crippen LogP contribution in [0, 0.1) is 41.5 Å². The van der Waals surface area contributed by atoms with Gasteiger partial charge >= 0.3 is 0 Å². The Labute approximate surface area is 318 Å². The first-order valence-corrected chi connectivity index (χ1v) is 18.6. The van der Waals surface area contributed by atoms with E-state index >= 15 is 0 Å². The summed E-state index contributed by atoms with van der Waals surface area (Å²) in [5.41, 5.74) is 15.5. The Balaban J connectivity index is 1.39. The number of aromatic nitrogens is 3. The van der Waals surface area contributed by atoms with E-state index in [9.17, 15) is 0 Å². The van der Waals surface area contributed by atoms with Crippen LogP contribution in [0.15, 0.2) is 152 Å². The fourth-order valence-corrected chi connectivity index (χ4v) is 8.21. The van der Waals surface area contributed by atoms with Crippen LogP contribution >= 0.6 is 0 Å². The molecule has 0 bridgehead atoms. The van der Waals surface area contributed by atoms with Gasteiger partial charge in [-0.2, -0.15) is 9.97 Å². The van der Waals surface area contributed by atoms with E-state index in [1.807, 2.05) is 36.4 Å². The van der Waals surface area contributed by atoms with Crippen LogP contribution in [0.5, 0.6) is 0 Å². The summed E-state index contributed by atoms with van der Waals surface area (Å²) in [6.07, 6.45) is 0. The monoisotopic (exact) mass is 700 g/mol. The molecule has 0 amide bonds. The van der Waals surface area contributed by atoms with Gasteiger partial charge in [-0.1, -0.05) is 139 Å². The smallest absolute Gasteiger partial charge is 0.238 e. The van der Waals surface area contributed by atoms with Crippen molar-refractivity contribution >= 4 is 28.1 Å². The van der Waals surface area contributed by atoms with E-state index in [1.54, 1.807) is 0 Å². The summed E-state index contributed by atoms with van der Waals surface area (Å²) in [6.45, 7) is 13.4. The third-order valence-electron chi connectivity index (χ3n) is 10.4. The van der Waals surface area contributed by atoms with Gasteiger partial charge in [0.15, 0.2) is 11.6 Å². The third kappa shape index (κ3) is 6.79. The molecule has 7 aromatic carbocycles. The van der Waals surface area contributed by atoms with Gasteiger partial charge in [0.25, 0.3) is 0 Å².